The number of aliphatic hydroxyl groups excluding tert-OH is 1. The normalized spacial score (nSPS) is 17.3. The molecule has 4 nitrogen and oxygen atoms in total. The molecule has 19 heavy (non-hydrogen) atoms. The fraction of sp³-hybridized carbons (Fsp3) is 0.500. The second-order valence-electron chi connectivity index (χ2n) is 4.70. The predicted molar refractivity (Wildman–Crippen MR) is 77.2 cm³/mol. The number of aldehydes is 1. The van der Waals surface area contributed by atoms with Gasteiger partial charge in [-0.1, -0.05) is 17.7 Å². The van der Waals surface area contributed by atoms with E-state index < -0.39 is 0 Å². The number of benzene rings is 1. The molecule has 1 aliphatic heterocycles. The zero-order valence-corrected chi connectivity index (χ0v) is 11.6. The van der Waals surface area contributed by atoms with Gasteiger partial charge in [0.15, 0.2) is 6.29 Å². The lowest BCUT2D eigenvalue weighted by Crippen LogP contribution is -2.32. The summed E-state index contributed by atoms with van der Waals surface area (Å²) in [4.78, 5) is 15.6. The van der Waals surface area contributed by atoms with Crippen molar-refractivity contribution in [2.75, 3.05) is 44.2 Å². The van der Waals surface area contributed by atoms with Gasteiger partial charge in [-0.15, -0.1) is 0 Å². The minimum Gasteiger partial charge on any atom is -0.395 e. The van der Waals surface area contributed by atoms with E-state index in [0.29, 0.717) is 17.1 Å². The van der Waals surface area contributed by atoms with Crippen LogP contribution in [0.5, 0.6) is 0 Å². The molecule has 1 N–H and O–H groups in total. The molecule has 0 unspecified atom stereocenters. The summed E-state index contributed by atoms with van der Waals surface area (Å²) in [6, 6.07) is 5.56. The molecule has 1 aromatic rings. The fourth-order valence-electron chi connectivity index (χ4n) is 2.49. The lowest BCUT2D eigenvalue weighted by Gasteiger charge is -2.25. The molecule has 0 spiro atoms. The van der Waals surface area contributed by atoms with Gasteiger partial charge in [-0.25, -0.2) is 0 Å². The van der Waals surface area contributed by atoms with Crippen molar-refractivity contribution in [2.24, 2.45) is 0 Å². The first-order valence-corrected chi connectivity index (χ1v) is 6.96. The summed E-state index contributed by atoms with van der Waals surface area (Å²) >= 11 is 6.07. The van der Waals surface area contributed by atoms with E-state index in [9.17, 15) is 4.79 Å². The maximum Gasteiger partial charge on any atom is 0.153 e. The quantitative estimate of drug-likeness (QED) is 0.853. The number of carbonyl (C=O) groups is 1. The molecule has 5 heteroatoms. The third-order valence-corrected chi connectivity index (χ3v) is 3.82. The third-order valence-electron chi connectivity index (χ3n) is 3.49. The summed E-state index contributed by atoms with van der Waals surface area (Å²) in [7, 11) is 0. The van der Waals surface area contributed by atoms with Gasteiger partial charge in [-0.3, -0.25) is 9.69 Å². The zero-order chi connectivity index (χ0) is 13.7. The van der Waals surface area contributed by atoms with Gasteiger partial charge in [-0.2, -0.15) is 0 Å². The van der Waals surface area contributed by atoms with Gasteiger partial charge in [-0.05, 0) is 25.1 Å². The van der Waals surface area contributed by atoms with Crippen molar-refractivity contribution in [3.8, 4) is 0 Å². The molecule has 1 fully saturated rings. The smallest absolute Gasteiger partial charge is 0.153 e. The number of halogens is 1. The maximum absolute atomic E-state index is 11.2. The second-order valence-corrected chi connectivity index (χ2v) is 5.10. The molecule has 0 aliphatic carbocycles. The highest BCUT2D eigenvalue weighted by molar-refractivity contribution is 6.33. The van der Waals surface area contributed by atoms with Crippen molar-refractivity contribution in [1.82, 2.24) is 4.90 Å². The molecule has 0 aromatic heterocycles. The first-order chi connectivity index (χ1) is 9.26. The van der Waals surface area contributed by atoms with Crippen LogP contribution in [0.3, 0.4) is 0 Å². The Morgan fingerprint density at radius 1 is 1.26 bits per heavy atom. The topological polar surface area (TPSA) is 43.8 Å². The molecule has 0 saturated carbocycles. The SMILES string of the molecule is O=Cc1c(Cl)cccc1N1CCCN(CCO)CC1. The molecule has 0 amide bonds. The zero-order valence-electron chi connectivity index (χ0n) is 10.9. The van der Waals surface area contributed by atoms with Gasteiger partial charge in [0.05, 0.1) is 17.2 Å². The summed E-state index contributed by atoms with van der Waals surface area (Å²) in [6.45, 7) is 4.53. The van der Waals surface area contributed by atoms with Gasteiger partial charge in [0.1, 0.15) is 0 Å². The van der Waals surface area contributed by atoms with Crippen molar-refractivity contribution >= 4 is 23.6 Å². The highest BCUT2D eigenvalue weighted by atomic mass is 35.5. The molecule has 2 rings (SSSR count). The largest absolute Gasteiger partial charge is 0.395 e. The number of hydrogen-bond donors (Lipinski definition) is 1. The van der Waals surface area contributed by atoms with E-state index >= 15 is 0 Å². The highest BCUT2D eigenvalue weighted by Crippen LogP contribution is 2.26. The van der Waals surface area contributed by atoms with Crippen LogP contribution < -0.4 is 4.90 Å². The number of anilines is 1. The Morgan fingerprint density at radius 2 is 2.11 bits per heavy atom. The molecule has 1 saturated heterocycles. The van der Waals surface area contributed by atoms with E-state index in [2.05, 4.69) is 9.80 Å². The van der Waals surface area contributed by atoms with Crippen LogP contribution in [0.25, 0.3) is 0 Å². The number of hydrogen-bond acceptors (Lipinski definition) is 4. The Hall–Kier alpha value is -1.10. The highest BCUT2D eigenvalue weighted by Gasteiger charge is 2.17. The predicted octanol–water partition coefficient (Wildman–Crippen LogP) is 1.66. The van der Waals surface area contributed by atoms with Crippen molar-refractivity contribution in [1.29, 1.82) is 0 Å². The van der Waals surface area contributed by atoms with Crippen LogP contribution >= 0.6 is 11.6 Å². The Balaban J connectivity index is 2.14. The molecule has 1 heterocycles. The fourth-order valence-corrected chi connectivity index (χ4v) is 2.71. The van der Waals surface area contributed by atoms with E-state index in [4.69, 9.17) is 16.7 Å². The molecular weight excluding hydrogens is 264 g/mol. The van der Waals surface area contributed by atoms with Crippen LogP contribution in [0.15, 0.2) is 18.2 Å². The van der Waals surface area contributed by atoms with Crippen LogP contribution in [0, 0.1) is 0 Å². The van der Waals surface area contributed by atoms with Crippen LogP contribution in [0.1, 0.15) is 16.8 Å². The van der Waals surface area contributed by atoms with Gasteiger partial charge < -0.3 is 10.0 Å². The average molecular weight is 283 g/mol. The van der Waals surface area contributed by atoms with E-state index in [0.717, 1.165) is 44.6 Å². The van der Waals surface area contributed by atoms with Gasteiger partial charge in [0, 0.05) is 31.9 Å². The number of aliphatic hydroxyl groups is 1. The van der Waals surface area contributed by atoms with Crippen LogP contribution in [-0.4, -0.2) is 55.6 Å². The first kappa shape index (κ1) is 14.3. The minimum absolute atomic E-state index is 0.191. The number of β-amino-alcohol motifs (C(OH)–C–C–N with tert-alkyl or cyclic N) is 1. The monoisotopic (exact) mass is 282 g/mol. The Morgan fingerprint density at radius 3 is 2.84 bits per heavy atom. The van der Waals surface area contributed by atoms with Crippen LogP contribution in [-0.2, 0) is 0 Å². The molecule has 1 aromatic carbocycles. The second kappa shape index (κ2) is 6.89. The van der Waals surface area contributed by atoms with E-state index in [1.54, 1.807) is 6.07 Å². The average Bonchev–Trinajstić information content (AvgIpc) is 2.64. The Labute approximate surface area is 118 Å². The molecule has 104 valence electrons. The van der Waals surface area contributed by atoms with Gasteiger partial charge >= 0.3 is 0 Å². The number of rotatable bonds is 4. The van der Waals surface area contributed by atoms with E-state index in [1.165, 1.54) is 0 Å². The van der Waals surface area contributed by atoms with Gasteiger partial charge in [0.25, 0.3) is 0 Å². The molecular formula is C14H19ClN2O2. The number of nitrogens with zero attached hydrogens (tertiary/aromatic N) is 2. The Bertz CT molecular complexity index is 439. The molecule has 1 aliphatic rings. The standard InChI is InChI=1S/C14H19ClN2O2/c15-13-3-1-4-14(12(13)11-19)17-6-2-5-16(7-8-17)9-10-18/h1,3-4,11,18H,2,5-10H2. The van der Waals surface area contributed by atoms with Crippen molar-refractivity contribution in [3.63, 3.8) is 0 Å². The lowest BCUT2D eigenvalue weighted by molar-refractivity contribution is 0.112. The van der Waals surface area contributed by atoms with Gasteiger partial charge in [0.2, 0.25) is 0 Å². The molecule has 0 radical (unpaired) electrons. The summed E-state index contributed by atoms with van der Waals surface area (Å²) in [5, 5.41) is 9.50. The van der Waals surface area contributed by atoms with Crippen LogP contribution in [0.2, 0.25) is 5.02 Å². The van der Waals surface area contributed by atoms with Crippen molar-refractivity contribution in [3.05, 3.63) is 28.8 Å². The lowest BCUT2D eigenvalue weighted by atomic mass is 10.1. The third kappa shape index (κ3) is 3.47. The molecule has 0 atom stereocenters. The summed E-state index contributed by atoms with van der Waals surface area (Å²) in [5.41, 5.74) is 1.48. The summed E-state index contributed by atoms with van der Waals surface area (Å²) in [5.74, 6) is 0. The maximum atomic E-state index is 11.2. The minimum atomic E-state index is 0.191. The van der Waals surface area contributed by atoms with E-state index in [-0.39, 0.29) is 6.61 Å². The van der Waals surface area contributed by atoms with E-state index in [1.807, 2.05) is 12.1 Å². The Kier molecular flexibility index (Phi) is 5.19. The number of carbonyl (C=O) groups excluding carboxylic acids is 1. The first-order valence-electron chi connectivity index (χ1n) is 6.58. The summed E-state index contributed by atoms with van der Waals surface area (Å²) in [6.07, 6.45) is 1.85. The van der Waals surface area contributed by atoms with Crippen molar-refractivity contribution < 1.29 is 9.90 Å². The summed E-state index contributed by atoms with van der Waals surface area (Å²) < 4.78 is 0. The molecule has 0 bridgehead atoms. The van der Waals surface area contributed by atoms with Crippen LogP contribution in [0.4, 0.5) is 5.69 Å². The van der Waals surface area contributed by atoms with Crippen molar-refractivity contribution in [2.45, 2.75) is 6.42 Å².